The summed E-state index contributed by atoms with van der Waals surface area (Å²) in [4.78, 5) is 13.6. The molecule has 1 amide bonds. The van der Waals surface area contributed by atoms with E-state index < -0.39 is 0 Å². The van der Waals surface area contributed by atoms with Gasteiger partial charge in [-0.3, -0.25) is 4.79 Å². The molecule has 2 rings (SSSR count). The fourth-order valence-electron chi connectivity index (χ4n) is 2.23. The van der Waals surface area contributed by atoms with Crippen LogP contribution in [0.25, 0.3) is 0 Å². The van der Waals surface area contributed by atoms with Gasteiger partial charge in [-0.15, -0.1) is 0 Å². The fraction of sp³-hybridized carbons (Fsp3) is 0.727. The maximum atomic E-state index is 11.7. The molecule has 2 fully saturated rings. The molecule has 1 heterocycles. The molecule has 1 saturated heterocycles. The minimum Gasteiger partial charge on any atom is -0.338 e. The van der Waals surface area contributed by atoms with Gasteiger partial charge in [0.1, 0.15) is 0 Å². The molecular formula is C11H18N2O. The van der Waals surface area contributed by atoms with E-state index >= 15 is 0 Å². The van der Waals surface area contributed by atoms with Gasteiger partial charge in [0, 0.05) is 25.2 Å². The maximum absolute atomic E-state index is 11.7. The highest BCUT2D eigenvalue weighted by Crippen LogP contribution is 2.24. The number of carbonyl (C=O) groups excluding carboxylic acids is 1. The fourth-order valence-corrected chi connectivity index (χ4v) is 2.23. The molecule has 0 aromatic carbocycles. The molecule has 0 bridgehead atoms. The minimum atomic E-state index is 0.176. The highest BCUT2D eigenvalue weighted by molar-refractivity contribution is 5.88. The Bertz CT molecular complexity index is 252. The summed E-state index contributed by atoms with van der Waals surface area (Å²) in [5, 5.41) is 0. The average Bonchev–Trinajstić information content (AvgIpc) is 2.75. The molecule has 78 valence electrons. The second kappa shape index (κ2) is 4.13. The Kier molecular flexibility index (Phi) is 2.87. The van der Waals surface area contributed by atoms with Crippen molar-refractivity contribution in [3.05, 3.63) is 11.6 Å². The summed E-state index contributed by atoms with van der Waals surface area (Å²) < 4.78 is 0. The number of nitrogens with zero attached hydrogens (tertiary/aromatic N) is 1. The lowest BCUT2D eigenvalue weighted by molar-refractivity contribution is -0.125. The van der Waals surface area contributed by atoms with Crippen LogP contribution in [0.3, 0.4) is 0 Å². The lowest BCUT2D eigenvalue weighted by atomic mass is 10.2. The van der Waals surface area contributed by atoms with Crippen LogP contribution in [0.4, 0.5) is 0 Å². The van der Waals surface area contributed by atoms with E-state index in [0.29, 0.717) is 0 Å². The summed E-state index contributed by atoms with van der Waals surface area (Å²) >= 11 is 0. The predicted octanol–water partition coefficient (Wildman–Crippen LogP) is 1.05. The van der Waals surface area contributed by atoms with Crippen molar-refractivity contribution in [1.29, 1.82) is 0 Å². The van der Waals surface area contributed by atoms with Crippen LogP contribution in [0, 0.1) is 0 Å². The smallest absolute Gasteiger partial charge is 0.246 e. The first kappa shape index (κ1) is 9.71. The Balaban J connectivity index is 1.91. The molecule has 1 atom stereocenters. The first-order chi connectivity index (χ1) is 6.75. The third-order valence-electron chi connectivity index (χ3n) is 3.11. The van der Waals surface area contributed by atoms with Crippen LogP contribution in [0.2, 0.25) is 0 Å². The van der Waals surface area contributed by atoms with Crippen molar-refractivity contribution < 1.29 is 4.79 Å². The summed E-state index contributed by atoms with van der Waals surface area (Å²) in [5.41, 5.74) is 7.09. The number of nitrogens with two attached hydrogens (primary N) is 1. The van der Waals surface area contributed by atoms with E-state index in [1.165, 1.54) is 18.4 Å². The van der Waals surface area contributed by atoms with E-state index in [1.807, 2.05) is 11.0 Å². The Morgan fingerprint density at radius 3 is 2.71 bits per heavy atom. The summed E-state index contributed by atoms with van der Waals surface area (Å²) in [6, 6.07) is 0.195. The van der Waals surface area contributed by atoms with Crippen LogP contribution < -0.4 is 5.73 Å². The molecule has 3 heteroatoms. The van der Waals surface area contributed by atoms with Gasteiger partial charge in [-0.1, -0.05) is 5.57 Å². The van der Waals surface area contributed by atoms with Gasteiger partial charge in [-0.05, 0) is 32.1 Å². The Morgan fingerprint density at radius 2 is 2.14 bits per heavy atom. The van der Waals surface area contributed by atoms with Crippen LogP contribution in [0.5, 0.6) is 0 Å². The van der Waals surface area contributed by atoms with Gasteiger partial charge in [-0.25, -0.2) is 0 Å². The Morgan fingerprint density at radius 1 is 1.43 bits per heavy atom. The third-order valence-corrected chi connectivity index (χ3v) is 3.11. The van der Waals surface area contributed by atoms with Crippen molar-refractivity contribution in [3.63, 3.8) is 0 Å². The maximum Gasteiger partial charge on any atom is 0.246 e. The van der Waals surface area contributed by atoms with Crippen LogP contribution in [0.15, 0.2) is 11.6 Å². The van der Waals surface area contributed by atoms with Crippen molar-refractivity contribution >= 4 is 5.91 Å². The van der Waals surface area contributed by atoms with Crippen molar-refractivity contribution in [1.82, 2.24) is 4.90 Å². The zero-order valence-electron chi connectivity index (χ0n) is 8.54. The van der Waals surface area contributed by atoms with Crippen LogP contribution >= 0.6 is 0 Å². The molecule has 0 aromatic rings. The van der Waals surface area contributed by atoms with Crippen molar-refractivity contribution in [2.75, 3.05) is 13.1 Å². The normalized spacial score (nSPS) is 27.1. The van der Waals surface area contributed by atoms with Gasteiger partial charge < -0.3 is 10.6 Å². The number of allylic oxidation sites excluding steroid dienone is 1. The molecule has 1 aliphatic carbocycles. The number of rotatable bonds is 1. The van der Waals surface area contributed by atoms with E-state index in [9.17, 15) is 4.79 Å². The van der Waals surface area contributed by atoms with Crippen molar-refractivity contribution in [3.8, 4) is 0 Å². The Labute approximate surface area is 84.9 Å². The number of hydrogen-bond acceptors (Lipinski definition) is 2. The Hall–Kier alpha value is -0.830. The largest absolute Gasteiger partial charge is 0.338 e. The predicted molar refractivity (Wildman–Crippen MR) is 55.7 cm³/mol. The second-order valence-electron chi connectivity index (χ2n) is 4.34. The first-order valence-corrected chi connectivity index (χ1v) is 5.49. The molecule has 0 spiro atoms. The summed E-state index contributed by atoms with van der Waals surface area (Å²) in [7, 11) is 0. The molecule has 1 aliphatic heterocycles. The summed E-state index contributed by atoms with van der Waals surface area (Å²) in [6.45, 7) is 1.58. The van der Waals surface area contributed by atoms with E-state index in [2.05, 4.69) is 0 Å². The molecule has 0 unspecified atom stereocenters. The quantitative estimate of drug-likeness (QED) is 0.634. The van der Waals surface area contributed by atoms with Gasteiger partial charge >= 0.3 is 0 Å². The number of likely N-dealkylation sites (tertiary alicyclic amines) is 1. The van der Waals surface area contributed by atoms with Gasteiger partial charge in [-0.2, -0.15) is 0 Å². The standard InChI is InChI=1S/C11H18N2O/c12-10-5-6-13(8-10)11(14)7-9-3-1-2-4-9/h7,10H,1-6,8,12H2/t10-/m1/s1. The molecule has 1 saturated carbocycles. The van der Waals surface area contributed by atoms with Crippen molar-refractivity contribution in [2.45, 2.75) is 38.1 Å². The highest BCUT2D eigenvalue weighted by atomic mass is 16.2. The molecule has 3 nitrogen and oxygen atoms in total. The van der Waals surface area contributed by atoms with Gasteiger partial charge in [0.05, 0.1) is 0 Å². The van der Waals surface area contributed by atoms with E-state index in [-0.39, 0.29) is 11.9 Å². The monoisotopic (exact) mass is 194 g/mol. The molecule has 14 heavy (non-hydrogen) atoms. The van der Waals surface area contributed by atoms with Gasteiger partial charge in [0.2, 0.25) is 5.91 Å². The zero-order chi connectivity index (χ0) is 9.97. The molecule has 2 N–H and O–H groups in total. The number of hydrogen-bond donors (Lipinski definition) is 1. The van der Waals surface area contributed by atoms with Crippen molar-refractivity contribution in [2.24, 2.45) is 5.73 Å². The van der Waals surface area contributed by atoms with Crippen LogP contribution in [0.1, 0.15) is 32.1 Å². The van der Waals surface area contributed by atoms with E-state index in [1.54, 1.807) is 0 Å². The third kappa shape index (κ3) is 2.15. The number of carbonyl (C=O) groups is 1. The minimum absolute atomic E-state index is 0.176. The second-order valence-corrected chi connectivity index (χ2v) is 4.34. The average molecular weight is 194 g/mol. The zero-order valence-corrected chi connectivity index (χ0v) is 8.54. The molecule has 0 radical (unpaired) electrons. The number of amides is 1. The summed E-state index contributed by atoms with van der Waals surface area (Å²) in [5.74, 6) is 0.176. The molecule has 0 aromatic heterocycles. The summed E-state index contributed by atoms with van der Waals surface area (Å²) in [6.07, 6.45) is 7.52. The molecular weight excluding hydrogens is 176 g/mol. The first-order valence-electron chi connectivity index (χ1n) is 5.49. The lowest BCUT2D eigenvalue weighted by Crippen LogP contribution is -2.30. The lowest BCUT2D eigenvalue weighted by Gasteiger charge is -2.13. The molecule has 2 aliphatic rings. The van der Waals surface area contributed by atoms with Crippen LogP contribution in [-0.4, -0.2) is 29.9 Å². The van der Waals surface area contributed by atoms with Gasteiger partial charge in [0.15, 0.2) is 0 Å². The van der Waals surface area contributed by atoms with E-state index in [4.69, 9.17) is 5.73 Å². The topological polar surface area (TPSA) is 46.3 Å². The van der Waals surface area contributed by atoms with E-state index in [0.717, 1.165) is 32.4 Å². The van der Waals surface area contributed by atoms with Crippen LogP contribution in [-0.2, 0) is 4.79 Å². The highest BCUT2D eigenvalue weighted by Gasteiger charge is 2.22. The SMILES string of the molecule is N[C@@H]1CCN(C(=O)C=C2CCCC2)C1. The van der Waals surface area contributed by atoms with Gasteiger partial charge in [0.25, 0.3) is 0 Å².